The number of nitrogens with one attached hydrogen (secondary N) is 1. The molecule has 0 atom stereocenters. The summed E-state index contributed by atoms with van der Waals surface area (Å²) in [4.78, 5) is 14.5. The number of anilines is 2. The SMILES string of the molecule is CCN(CC)CCOc1ccc(NC(=O)COc2ccc(-c3ccccc3)cc2)cc1N. The Hall–Kier alpha value is -3.51. The Morgan fingerprint density at radius 1 is 0.906 bits per heavy atom. The highest BCUT2D eigenvalue weighted by Crippen LogP contribution is 2.25. The smallest absolute Gasteiger partial charge is 0.262 e. The van der Waals surface area contributed by atoms with Crippen molar-refractivity contribution < 1.29 is 14.3 Å². The topological polar surface area (TPSA) is 76.8 Å². The number of ether oxygens (including phenoxy) is 2. The molecule has 32 heavy (non-hydrogen) atoms. The molecule has 0 spiro atoms. The van der Waals surface area contributed by atoms with Crippen LogP contribution in [-0.2, 0) is 4.79 Å². The molecule has 0 fully saturated rings. The van der Waals surface area contributed by atoms with Gasteiger partial charge in [-0.2, -0.15) is 0 Å². The molecular weight excluding hydrogens is 402 g/mol. The van der Waals surface area contributed by atoms with Crippen LogP contribution in [0.1, 0.15) is 13.8 Å². The van der Waals surface area contributed by atoms with Crippen LogP contribution in [-0.4, -0.2) is 43.7 Å². The Bertz CT molecular complexity index is 987. The summed E-state index contributed by atoms with van der Waals surface area (Å²) in [5, 5.41) is 2.80. The second kappa shape index (κ2) is 11.8. The largest absolute Gasteiger partial charge is 0.490 e. The highest BCUT2D eigenvalue weighted by molar-refractivity contribution is 5.92. The van der Waals surface area contributed by atoms with E-state index in [0.717, 1.165) is 30.8 Å². The van der Waals surface area contributed by atoms with Crippen molar-refractivity contribution in [1.29, 1.82) is 0 Å². The second-order valence-corrected chi connectivity index (χ2v) is 7.36. The van der Waals surface area contributed by atoms with Crippen LogP contribution >= 0.6 is 0 Å². The van der Waals surface area contributed by atoms with Gasteiger partial charge in [-0.15, -0.1) is 0 Å². The van der Waals surface area contributed by atoms with Gasteiger partial charge in [0.1, 0.15) is 18.1 Å². The van der Waals surface area contributed by atoms with E-state index in [4.69, 9.17) is 15.2 Å². The van der Waals surface area contributed by atoms with E-state index >= 15 is 0 Å². The lowest BCUT2D eigenvalue weighted by Crippen LogP contribution is -2.28. The van der Waals surface area contributed by atoms with Crippen LogP contribution in [0.2, 0.25) is 0 Å². The molecule has 168 valence electrons. The maximum atomic E-state index is 12.3. The van der Waals surface area contributed by atoms with Crippen molar-refractivity contribution in [3.8, 4) is 22.6 Å². The van der Waals surface area contributed by atoms with Crippen LogP contribution < -0.4 is 20.5 Å². The lowest BCUT2D eigenvalue weighted by molar-refractivity contribution is -0.118. The van der Waals surface area contributed by atoms with Gasteiger partial charge < -0.3 is 25.4 Å². The lowest BCUT2D eigenvalue weighted by Gasteiger charge is -2.18. The van der Waals surface area contributed by atoms with E-state index in [0.29, 0.717) is 29.5 Å². The molecule has 6 nitrogen and oxygen atoms in total. The summed E-state index contributed by atoms with van der Waals surface area (Å²) in [5.74, 6) is 0.993. The first kappa shape index (κ1) is 23.2. The molecule has 1 amide bonds. The second-order valence-electron chi connectivity index (χ2n) is 7.36. The number of benzene rings is 3. The molecule has 3 rings (SSSR count). The van der Waals surface area contributed by atoms with E-state index in [1.807, 2.05) is 42.5 Å². The fraction of sp³-hybridized carbons (Fsp3) is 0.269. The molecule has 3 aromatic carbocycles. The average molecular weight is 434 g/mol. The van der Waals surface area contributed by atoms with Gasteiger partial charge in [-0.3, -0.25) is 4.79 Å². The zero-order valence-electron chi connectivity index (χ0n) is 18.7. The summed E-state index contributed by atoms with van der Waals surface area (Å²) in [7, 11) is 0. The minimum Gasteiger partial charge on any atom is -0.490 e. The van der Waals surface area contributed by atoms with Gasteiger partial charge in [0.2, 0.25) is 0 Å². The van der Waals surface area contributed by atoms with Gasteiger partial charge >= 0.3 is 0 Å². The van der Waals surface area contributed by atoms with Crippen molar-refractivity contribution in [1.82, 2.24) is 4.90 Å². The van der Waals surface area contributed by atoms with Gasteiger partial charge in [0.25, 0.3) is 5.91 Å². The molecule has 0 aliphatic rings. The van der Waals surface area contributed by atoms with Crippen molar-refractivity contribution in [2.24, 2.45) is 0 Å². The van der Waals surface area contributed by atoms with Crippen LogP contribution in [0.25, 0.3) is 11.1 Å². The molecule has 3 N–H and O–H groups in total. The Labute approximate surface area is 190 Å². The summed E-state index contributed by atoms with van der Waals surface area (Å²) < 4.78 is 11.4. The maximum absolute atomic E-state index is 12.3. The third-order valence-corrected chi connectivity index (χ3v) is 5.18. The van der Waals surface area contributed by atoms with Gasteiger partial charge in [-0.05, 0) is 54.5 Å². The van der Waals surface area contributed by atoms with Crippen LogP contribution in [0.15, 0.2) is 72.8 Å². The van der Waals surface area contributed by atoms with Gasteiger partial charge in [0.15, 0.2) is 6.61 Å². The fourth-order valence-electron chi connectivity index (χ4n) is 3.30. The number of hydrogen-bond donors (Lipinski definition) is 2. The standard InChI is InChI=1S/C26H31N3O3/c1-3-29(4-2)16-17-31-25-15-12-22(18-24(25)27)28-26(30)19-32-23-13-10-21(11-14-23)20-8-6-5-7-9-20/h5-15,18H,3-4,16-17,19,27H2,1-2H3,(H,28,30). The van der Waals surface area contributed by atoms with E-state index < -0.39 is 0 Å². The Morgan fingerprint density at radius 2 is 1.59 bits per heavy atom. The van der Waals surface area contributed by atoms with Crippen molar-refractivity contribution in [3.05, 3.63) is 72.8 Å². The van der Waals surface area contributed by atoms with Crippen LogP contribution in [0.3, 0.4) is 0 Å². The Kier molecular flexibility index (Phi) is 8.52. The number of nitrogen functional groups attached to an aromatic ring is 1. The Balaban J connectivity index is 1.47. The Morgan fingerprint density at radius 3 is 2.25 bits per heavy atom. The first-order valence-electron chi connectivity index (χ1n) is 10.9. The maximum Gasteiger partial charge on any atom is 0.262 e. The van der Waals surface area contributed by atoms with E-state index in [1.165, 1.54) is 0 Å². The van der Waals surface area contributed by atoms with Gasteiger partial charge in [-0.25, -0.2) is 0 Å². The normalized spacial score (nSPS) is 10.7. The van der Waals surface area contributed by atoms with Gasteiger partial charge in [-0.1, -0.05) is 56.3 Å². The number of carbonyl (C=O) groups is 1. The summed E-state index contributed by atoms with van der Waals surface area (Å²) in [6.45, 7) is 7.53. The first-order chi connectivity index (χ1) is 15.6. The molecule has 6 heteroatoms. The van der Waals surface area contributed by atoms with E-state index in [2.05, 4.69) is 36.2 Å². The third-order valence-electron chi connectivity index (χ3n) is 5.18. The van der Waals surface area contributed by atoms with Crippen molar-refractivity contribution in [2.75, 3.05) is 43.9 Å². The van der Waals surface area contributed by atoms with Crippen molar-refractivity contribution in [3.63, 3.8) is 0 Å². The average Bonchev–Trinajstić information content (AvgIpc) is 2.83. The molecule has 0 heterocycles. The first-order valence-corrected chi connectivity index (χ1v) is 10.9. The third kappa shape index (κ3) is 6.75. The number of nitrogens with two attached hydrogens (primary N) is 1. The van der Waals surface area contributed by atoms with Gasteiger partial charge in [0, 0.05) is 12.2 Å². The number of carbonyl (C=O) groups excluding carboxylic acids is 1. The van der Waals surface area contributed by atoms with E-state index in [1.54, 1.807) is 18.2 Å². The zero-order valence-corrected chi connectivity index (χ0v) is 18.7. The molecule has 0 aromatic heterocycles. The summed E-state index contributed by atoms with van der Waals surface area (Å²) in [6, 6.07) is 23.0. The minimum absolute atomic E-state index is 0.0906. The van der Waals surface area contributed by atoms with Crippen LogP contribution in [0, 0.1) is 0 Å². The van der Waals surface area contributed by atoms with E-state index in [-0.39, 0.29) is 12.5 Å². The molecule has 0 aliphatic heterocycles. The highest BCUT2D eigenvalue weighted by Gasteiger charge is 2.08. The highest BCUT2D eigenvalue weighted by atomic mass is 16.5. The number of amides is 1. The lowest BCUT2D eigenvalue weighted by atomic mass is 10.1. The number of hydrogen-bond acceptors (Lipinski definition) is 5. The van der Waals surface area contributed by atoms with Crippen LogP contribution in [0.4, 0.5) is 11.4 Å². The van der Waals surface area contributed by atoms with Crippen molar-refractivity contribution in [2.45, 2.75) is 13.8 Å². The fourth-order valence-corrected chi connectivity index (χ4v) is 3.30. The van der Waals surface area contributed by atoms with Crippen LogP contribution in [0.5, 0.6) is 11.5 Å². The molecule has 0 bridgehead atoms. The summed E-state index contributed by atoms with van der Waals surface area (Å²) in [5.41, 5.74) is 9.40. The molecule has 0 radical (unpaired) electrons. The number of nitrogens with zero attached hydrogens (tertiary/aromatic N) is 1. The number of likely N-dealkylation sites (N-methyl/N-ethyl adjacent to an activating group) is 1. The van der Waals surface area contributed by atoms with E-state index in [9.17, 15) is 4.79 Å². The molecule has 0 saturated carbocycles. The quantitative estimate of drug-likeness (QED) is 0.430. The minimum atomic E-state index is -0.258. The summed E-state index contributed by atoms with van der Waals surface area (Å²) in [6.07, 6.45) is 0. The molecule has 0 aliphatic carbocycles. The molecule has 0 saturated heterocycles. The molecular formula is C26H31N3O3. The summed E-state index contributed by atoms with van der Waals surface area (Å²) >= 11 is 0. The predicted octanol–water partition coefficient (Wildman–Crippen LogP) is 4.67. The monoisotopic (exact) mass is 433 g/mol. The number of rotatable bonds is 11. The van der Waals surface area contributed by atoms with Gasteiger partial charge in [0.05, 0.1) is 5.69 Å². The zero-order chi connectivity index (χ0) is 22.8. The molecule has 3 aromatic rings. The predicted molar refractivity (Wildman–Crippen MR) is 130 cm³/mol. The van der Waals surface area contributed by atoms with Crippen molar-refractivity contribution >= 4 is 17.3 Å². The molecule has 0 unspecified atom stereocenters.